The molecule has 1 fully saturated rings. The summed E-state index contributed by atoms with van der Waals surface area (Å²) < 4.78 is 7.56. The van der Waals surface area contributed by atoms with Crippen LogP contribution in [0, 0.1) is 13.8 Å². The Morgan fingerprint density at radius 1 is 1.48 bits per heavy atom. The monoisotopic (exact) mass is 289 g/mol. The number of hydrogen-bond donors (Lipinski definition) is 1. The summed E-state index contributed by atoms with van der Waals surface area (Å²) in [6.45, 7) is 5.82. The summed E-state index contributed by atoms with van der Waals surface area (Å²) in [5.74, 6) is 1.70. The first-order valence-corrected chi connectivity index (χ1v) is 7.02. The Morgan fingerprint density at radius 3 is 3.00 bits per heavy atom. The Hall–Kier alpha value is -2.15. The van der Waals surface area contributed by atoms with Gasteiger partial charge in [-0.25, -0.2) is 9.97 Å². The number of imidazole rings is 2. The van der Waals surface area contributed by atoms with Gasteiger partial charge in [-0.1, -0.05) is 0 Å². The van der Waals surface area contributed by atoms with Crippen molar-refractivity contribution < 1.29 is 9.53 Å². The molecule has 1 aliphatic rings. The third kappa shape index (κ3) is 2.97. The molecule has 1 N–H and O–H groups in total. The second kappa shape index (κ2) is 5.69. The molecule has 7 heteroatoms. The summed E-state index contributed by atoms with van der Waals surface area (Å²) in [5, 5.41) is 0. The van der Waals surface area contributed by atoms with Crippen molar-refractivity contribution in [1.82, 2.24) is 24.4 Å². The first-order chi connectivity index (χ1) is 10.1. The van der Waals surface area contributed by atoms with E-state index in [9.17, 15) is 4.79 Å². The molecule has 21 heavy (non-hydrogen) atoms. The van der Waals surface area contributed by atoms with Gasteiger partial charge < -0.3 is 19.2 Å². The summed E-state index contributed by atoms with van der Waals surface area (Å²) in [5.41, 5.74) is 0.992. The van der Waals surface area contributed by atoms with Gasteiger partial charge in [0, 0.05) is 30.8 Å². The number of amides is 1. The molecule has 112 valence electrons. The number of nitrogens with zero attached hydrogens (tertiary/aromatic N) is 4. The number of carbonyl (C=O) groups excluding carboxylic acids is 1. The third-order valence-electron chi connectivity index (χ3n) is 3.68. The van der Waals surface area contributed by atoms with Crippen LogP contribution in [0.4, 0.5) is 0 Å². The minimum atomic E-state index is -0.180. The summed E-state index contributed by atoms with van der Waals surface area (Å²) in [7, 11) is 0. The van der Waals surface area contributed by atoms with Gasteiger partial charge in [-0.2, -0.15) is 0 Å². The maximum Gasteiger partial charge on any atom is 0.242 e. The number of H-pyrrole nitrogens is 1. The zero-order valence-electron chi connectivity index (χ0n) is 12.2. The molecule has 3 heterocycles. The van der Waals surface area contributed by atoms with Crippen molar-refractivity contribution in [3.63, 3.8) is 0 Å². The van der Waals surface area contributed by atoms with Crippen LogP contribution in [0.3, 0.4) is 0 Å². The molecule has 1 saturated heterocycles. The van der Waals surface area contributed by atoms with Crippen molar-refractivity contribution in [2.24, 2.45) is 0 Å². The SMILES string of the molecule is Cc1cnc(C2CN(C(=O)Cn3ccnc3C)CCO2)[nH]1. The first-order valence-electron chi connectivity index (χ1n) is 7.02. The number of aromatic nitrogens is 4. The normalized spacial score (nSPS) is 19.0. The fourth-order valence-corrected chi connectivity index (χ4v) is 2.45. The van der Waals surface area contributed by atoms with Gasteiger partial charge in [0.2, 0.25) is 5.91 Å². The van der Waals surface area contributed by atoms with Gasteiger partial charge >= 0.3 is 0 Å². The smallest absolute Gasteiger partial charge is 0.242 e. The van der Waals surface area contributed by atoms with Gasteiger partial charge in [-0.3, -0.25) is 4.79 Å². The molecule has 2 aromatic heterocycles. The number of hydrogen-bond acceptors (Lipinski definition) is 4. The highest BCUT2D eigenvalue weighted by Crippen LogP contribution is 2.20. The lowest BCUT2D eigenvalue weighted by atomic mass is 10.2. The highest BCUT2D eigenvalue weighted by Gasteiger charge is 2.27. The molecule has 0 radical (unpaired) electrons. The number of aryl methyl sites for hydroxylation is 2. The van der Waals surface area contributed by atoms with E-state index in [2.05, 4.69) is 15.0 Å². The Kier molecular flexibility index (Phi) is 3.74. The molecular weight excluding hydrogens is 270 g/mol. The highest BCUT2D eigenvalue weighted by atomic mass is 16.5. The van der Waals surface area contributed by atoms with E-state index in [4.69, 9.17) is 4.74 Å². The molecule has 1 atom stereocenters. The summed E-state index contributed by atoms with van der Waals surface area (Å²) >= 11 is 0. The lowest BCUT2D eigenvalue weighted by Gasteiger charge is -2.32. The molecule has 7 nitrogen and oxygen atoms in total. The van der Waals surface area contributed by atoms with E-state index < -0.39 is 0 Å². The molecule has 1 aliphatic heterocycles. The molecule has 0 aromatic carbocycles. The quantitative estimate of drug-likeness (QED) is 0.907. The third-order valence-corrected chi connectivity index (χ3v) is 3.68. The molecule has 1 amide bonds. The lowest BCUT2D eigenvalue weighted by molar-refractivity contribution is -0.140. The Labute approximate surface area is 123 Å². The van der Waals surface area contributed by atoms with Crippen LogP contribution in [0.15, 0.2) is 18.6 Å². The second-order valence-electron chi connectivity index (χ2n) is 5.25. The number of morpholine rings is 1. The molecule has 3 rings (SSSR count). The minimum absolute atomic E-state index is 0.0766. The molecule has 0 aliphatic carbocycles. The summed E-state index contributed by atoms with van der Waals surface area (Å²) in [6.07, 6.45) is 5.12. The van der Waals surface area contributed by atoms with Crippen molar-refractivity contribution in [3.05, 3.63) is 35.9 Å². The predicted molar refractivity (Wildman–Crippen MR) is 75.6 cm³/mol. The number of aromatic amines is 1. The van der Waals surface area contributed by atoms with Crippen LogP contribution in [0.5, 0.6) is 0 Å². The number of rotatable bonds is 3. The fourth-order valence-electron chi connectivity index (χ4n) is 2.45. The predicted octanol–water partition coefficient (Wildman–Crippen LogP) is 0.823. The van der Waals surface area contributed by atoms with Gasteiger partial charge in [0.1, 0.15) is 24.3 Å². The van der Waals surface area contributed by atoms with Crippen molar-refractivity contribution in [1.29, 1.82) is 0 Å². The fraction of sp³-hybridized carbons (Fsp3) is 0.500. The van der Waals surface area contributed by atoms with Crippen LogP contribution >= 0.6 is 0 Å². The van der Waals surface area contributed by atoms with Crippen LogP contribution in [-0.4, -0.2) is 50.0 Å². The van der Waals surface area contributed by atoms with E-state index in [1.54, 1.807) is 12.4 Å². The largest absolute Gasteiger partial charge is 0.367 e. The number of carbonyl (C=O) groups is 1. The van der Waals surface area contributed by atoms with Crippen LogP contribution in [-0.2, 0) is 16.1 Å². The topological polar surface area (TPSA) is 76.0 Å². The molecule has 0 bridgehead atoms. The van der Waals surface area contributed by atoms with Crippen LogP contribution < -0.4 is 0 Å². The Morgan fingerprint density at radius 2 is 2.33 bits per heavy atom. The van der Waals surface area contributed by atoms with Crippen molar-refractivity contribution in [2.45, 2.75) is 26.5 Å². The number of ether oxygens (including phenoxy) is 1. The van der Waals surface area contributed by atoms with Gasteiger partial charge in [0.15, 0.2) is 0 Å². The van der Waals surface area contributed by atoms with Crippen LogP contribution in [0.2, 0.25) is 0 Å². The average Bonchev–Trinajstić information content (AvgIpc) is 3.08. The van der Waals surface area contributed by atoms with E-state index >= 15 is 0 Å². The van der Waals surface area contributed by atoms with E-state index in [1.807, 2.05) is 29.5 Å². The highest BCUT2D eigenvalue weighted by molar-refractivity contribution is 5.76. The molecule has 0 saturated carbocycles. The maximum absolute atomic E-state index is 12.4. The van der Waals surface area contributed by atoms with Crippen molar-refractivity contribution in [3.8, 4) is 0 Å². The number of nitrogens with one attached hydrogen (secondary N) is 1. The molecular formula is C14H19N5O2. The zero-order chi connectivity index (χ0) is 14.8. The second-order valence-corrected chi connectivity index (χ2v) is 5.25. The summed E-state index contributed by atoms with van der Waals surface area (Å²) in [6, 6.07) is 0. The van der Waals surface area contributed by atoms with E-state index in [1.165, 1.54) is 0 Å². The summed E-state index contributed by atoms with van der Waals surface area (Å²) in [4.78, 5) is 25.8. The van der Waals surface area contributed by atoms with E-state index in [0.717, 1.165) is 17.3 Å². The van der Waals surface area contributed by atoms with Gasteiger partial charge in [0.05, 0.1) is 13.2 Å². The van der Waals surface area contributed by atoms with Gasteiger partial charge in [0.25, 0.3) is 0 Å². The molecule has 1 unspecified atom stereocenters. The van der Waals surface area contributed by atoms with Gasteiger partial charge in [-0.05, 0) is 13.8 Å². The maximum atomic E-state index is 12.4. The lowest BCUT2D eigenvalue weighted by Crippen LogP contribution is -2.44. The average molecular weight is 289 g/mol. The van der Waals surface area contributed by atoms with E-state index in [-0.39, 0.29) is 12.0 Å². The Balaban J connectivity index is 1.65. The Bertz CT molecular complexity index is 633. The van der Waals surface area contributed by atoms with Gasteiger partial charge in [-0.15, -0.1) is 0 Å². The van der Waals surface area contributed by atoms with Crippen LogP contribution in [0.25, 0.3) is 0 Å². The van der Waals surface area contributed by atoms with Crippen LogP contribution in [0.1, 0.15) is 23.4 Å². The standard InChI is InChI=1S/C14H19N5O2/c1-10-7-16-14(17-10)12-8-19(5-6-21-12)13(20)9-18-4-3-15-11(18)2/h3-4,7,12H,5-6,8-9H2,1-2H3,(H,16,17). The zero-order valence-corrected chi connectivity index (χ0v) is 12.2. The minimum Gasteiger partial charge on any atom is -0.367 e. The molecule has 2 aromatic rings. The van der Waals surface area contributed by atoms with Crippen molar-refractivity contribution >= 4 is 5.91 Å². The molecule has 0 spiro atoms. The van der Waals surface area contributed by atoms with Crippen molar-refractivity contribution in [2.75, 3.05) is 19.7 Å². The first kappa shape index (κ1) is 13.8. The van der Waals surface area contributed by atoms with E-state index in [0.29, 0.717) is 26.2 Å².